The number of hydrogen-bond donors (Lipinski definition) is 1. The molecule has 0 unspecified atom stereocenters. The van der Waals surface area contributed by atoms with Crippen molar-refractivity contribution in [1.82, 2.24) is 4.98 Å². The summed E-state index contributed by atoms with van der Waals surface area (Å²) in [5, 5.41) is 32.3. The fourth-order valence-electron chi connectivity index (χ4n) is 3.59. The number of benzene rings is 1. The first-order valence-electron chi connectivity index (χ1n) is 10.1. The van der Waals surface area contributed by atoms with E-state index in [2.05, 4.69) is 28.5 Å². The summed E-state index contributed by atoms with van der Waals surface area (Å²) in [6.45, 7) is 1.46. The number of anilines is 1. The van der Waals surface area contributed by atoms with Crippen molar-refractivity contribution < 1.29 is 9.47 Å². The largest absolute Gasteiger partial charge is 0.490 e. The predicted octanol–water partition coefficient (Wildman–Crippen LogP) is 3.95. The van der Waals surface area contributed by atoms with Crippen molar-refractivity contribution in [2.24, 2.45) is 11.8 Å². The molecule has 2 aliphatic rings. The molecule has 1 aliphatic carbocycles. The smallest absolute Gasteiger partial charge is 0.145 e. The normalized spacial score (nSPS) is 19.8. The number of nitrogens with one attached hydrogen (secondary N) is 1. The van der Waals surface area contributed by atoms with Gasteiger partial charge in [0.25, 0.3) is 0 Å². The Balaban J connectivity index is 1.64. The topological polar surface area (TPSA) is 115 Å². The number of nitrogens with zero attached hydrogens (tertiary/aromatic N) is 4. The maximum atomic E-state index is 9.93. The molecule has 4 rings (SSSR count). The van der Waals surface area contributed by atoms with Crippen molar-refractivity contribution in [3.05, 3.63) is 35.4 Å². The molecule has 0 spiro atoms. The Labute approximate surface area is 185 Å². The Hall–Kier alpha value is -3.25. The second-order valence-corrected chi connectivity index (χ2v) is 8.65. The van der Waals surface area contributed by atoms with Crippen LogP contribution in [0.25, 0.3) is 11.1 Å². The molecule has 1 saturated carbocycles. The summed E-state index contributed by atoms with van der Waals surface area (Å²) in [6.07, 6.45) is 1.56. The summed E-state index contributed by atoms with van der Waals surface area (Å²) in [6, 6.07) is 14.1. The number of pyridine rings is 1. The molecule has 156 valence electrons. The Kier molecular flexibility index (Phi) is 6.28. The van der Waals surface area contributed by atoms with Crippen LogP contribution < -0.4 is 10.1 Å². The number of hydrogen-bond acceptors (Lipinski definition) is 8. The second kappa shape index (κ2) is 9.27. The Morgan fingerprint density at radius 1 is 1.13 bits per heavy atom. The molecule has 1 saturated heterocycles. The van der Waals surface area contributed by atoms with Crippen LogP contribution in [0, 0.1) is 45.8 Å². The van der Waals surface area contributed by atoms with E-state index in [0.29, 0.717) is 39.2 Å². The fourth-order valence-corrected chi connectivity index (χ4v) is 4.62. The summed E-state index contributed by atoms with van der Waals surface area (Å²) in [7, 11) is 1.72. The van der Waals surface area contributed by atoms with E-state index in [1.807, 2.05) is 24.3 Å². The third-order valence-electron chi connectivity index (χ3n) is 5.51. The van der Waals surface area contributed by atoms with Gasteiger partial charge < -0.3 is 14.8 Å². The highest BCUT2D eigenvalue weighted by molar-refractivity contribution is 7.99. The number of rotatable bonds is 7. The van der Waals surface area contributed by atoms with Gasteiger partial charge in [-0.15, -0.1) is 11.8 Å². The van der Waals surface area contributed by atoms with Crippen molar-refractivity contribution in [2.75, 3.05) is 31.3 Å². The van der Waals surface area contributed by atoms with Crippen LogP contribution in [0.5, 0.6) is 5.75 Å². The first-order valence-corrected chi connectivity index (χ1v) is 11.1. The highest BCUT2D eigenvalue weighted by Crippen LogP contribution is 2.38. The molecule has 2 heterocycles. The van der Waals surface area contributed by atoms with E-state index in [0.717, 1.165) is 37.4 Å². The SMILES string of the molecule is CNc1nc(SCC2COC2)c(C#N)c(-c2ccc(OC3CC(C#N)C3)cc2)c1C#N. The van der Waals surface area contributed by atoms with E-state index in [-0.39, 0.29) is 12.0 Å². The third-order valence-corrected chi connectivity index (χ3v) is 6.72. The molecule has 1 aromatic carbocycles. The van der Waals surface area contributed by atoms with Crippen LogP contribution in [0.4, 0.5) is 5.82 Å². The molecule has 7 nitrogen and oxygen atoms in total. The van der Waals surface area contributed by atoms with E-state index in [4.69, 9.17) is 14.7 Å². The molecule has 0 amide bonds. The Bertz CT molecular complexity index is 1090. The van der Waals surface area contributed by atoms with Gasteiger partial charge in [0.2, 0.25) is 0 Å². The maximum Gasteiger partial charge on any atom is 0.145 e. The summed E-state index contributed by atoms with van der Waals surface area (Å²) in [5.41, 5.74) is 2.10. The van der Waals surface area contributed by atoms with Crippen LogP contribution in [0.1, 0.15) is 24.0 Å². The van der Waals surface area contributed by atoms with Crippen LogP contribution in [0.15, 0.2) is 29.3 Å². The van der Waals surface area contributed by atoms with Crippen LogP contribution in [0.3, 0.4) is 0 Å². The molecule has 2 fully saturated rings. The number of aromatic nitrogens is 1. The van der Waals surface area contributed by atoms with E-state index < -0.39 is 0 Å². The molecule has 8 heteroatoms. The molecule has 0 bridgehead atoms. The van der Waals surface area contributed by atoms with Crippen LogP contribution in [-0.2, 0) is 4.74 Å². The Morgan fingerprint density at radius 3 is 2.39 bits per heavy atom. The molecule has 2 aromatic rings. The quantitative estimate of drug-likeness (QED) is 0.655. The zero-order valence-electron chi connectivity index (χ0n) is 17.1. The highest BCUT2D eigenvalue weighted by atomic mass is 32.2. The summed E-state index contributed by atoms with van der Waals surface area (Å²) in [4.78, 5) is 4.56. The third kappa shape index (κ3) is 4.30. The molecular weight excluding hydrogens is 410 g/mol. The van der Waals surface area contributed by atoms with Gasteiger partial charge in [0.1, 0.15) is 40.4 Å². The summed E-state index contributed by atoms with van der Waals surface area (Å²) >= 11 is 1.52. The number of thioether (sulfide) groups is 1. The zero-order chi connectivity index (χ0) is 21.8. The van der Waals surface area contributed by atoms with Gasteiger partial charge in [-0.1, -0.05) is 12.1 Å². The van der Waals surface area contributed by atoms with E-state index >= 15 is 0 Å². The van der Waals surface area contributed by atoms with E-state index in [1.165, 1.54) is 11.8 Å². The van der Waals surface area contributed by atoms with Gasteiger partial charge in [-0.2, -0.15) is 15.8 Å². The van der Waals surface area contributed by atoms with Gasteiger partial charge in [-0.3, -0.25) is 0 Å². The second-order valence-electron chi connectivity index (χ2n) is 7.64. The maximum absolute atomic E-state index is 9.93. The van der Waals surface area contributed by atoms with Crippen molar-refractivity contribution in [2.45, 2.75) is 24.0 Å². The first kappa shape index (κ1) is 21.0. The lowest BCUT2D eigenvalue weighted by molar-refractivity contribution is -0.0196. The van der Waals surface area contributed by atoms with Crippen LogP contribution >= 0.6 is 11.8 Å². The molecular formula is C23H21N5O2S. The molecule has 0 atom stereocenters. The minimum Gasteiger partial charge on any atom is -0.490 e. The van der Waals surface area contributed by atoms with Crippen molar-refractivity contribution in [3.63, 3.8) is 0 Å². The van der Waals surface area contributed by atoms with Gasteiger partial charge in [0.15, 0.2) is 0 Å². The lowest BCUT2D eigenvalue weighted by Gasteiger charge is -2.30. The van der Waals surface area contributed by atoms with Crippen molar-refractivity contribution >= 4 is 17.6 Å². The monoisotopic (exact) mass is 431 g/mol. The zero-order valence-corrected chi connectivity index (χ0v) is 17.9. The van der Waals surface area contributed by atoms with E-state index in [1.54, 1.807) is 7.05 Å². The number of nitriles is 3. The van der Waals surface area contributed by atoms with Gasteiger partial charge in [-0.25, -0.2) is 4.98 Å². The summed E-state index contributed by atoms with van der Waals surface area (Å²) in [5.74, 6) is 2.53. The van der Waals surface area contributed by atoms with Gasteiger partial charge >= 0.3 is 0 Å². The average Bonchev–Trinajstić information content (AvgIpc) is 2.74. The molecule has 31 heavy (non-hydrogen) atoms. The lowest BCUT2D eigenvalue weighted by Crippen LogP contribution is -2.32. The molecule has 0 radical (unpaired) electrons. The highest BCUT2D eigenvalue weighted by Gasteiger charge is 2.31. The fraction of sp³-hybridized carbons (Fsp3) is 0.391. The first-order chi connectivity index (χ1) is 15.2. The van der Waals surface area contributed by atoms with Gasteiger partial charge in [0, 0.05) is 37.1 Å². The van der Waals surface area contributed by atoms with Crippen LogP contribution in [-0.4, -0.2) is 37.1 Å². The van der Waals surface area contributed by atoms with E-state index in [9.17, 15) is 10.5 Å². The van der Waals surface area contributed by atoms with Crippen molar-refractivity contribution in [3.8, 4) is 35.1 Å². The van der Waals surface area contributed by atoms with Gasteiger partial charge in [0.05, 0.1) is 30.8 Å². The minimum absolute atomic E-state index is 0.0650. The summed E-state index contributed by atoms with van der Waals surface area (Å²) < 4.78 is 11.2. The van der Waals surface area contributed by atoms with Crippen molar-refractivity contribution in [1.29, 1.82) is 15.8 Å². The minimum atomic E-state index is 0.0650. The number of ether oxygens (including phenoxy) is 2. The lowest BCUT2D eigenvalue weighted by atomic mass is 9.83. The average molecular weight is 432 g/mol. The molecule has 1 N–H and O–H groups in total. The van der Waals surface area contributed by atoms with Gasteiger partial charge in [-0.05, 0) is 17.7 Å². The molecule has 1 aromatic heterocycles. The van der Waals surface area contributed by atoms with Crippen LogP contribution in [0.2, 0.25) is 0 Å². The standard InChI is InChI=1S/C23H21N5O2S/c1-27-22-19(9-25)21(20(10-26)23(28-22)31-13-15-11-29-12-15)16-2-4-17(5-3-16)30-18-6-14(7-18)8-24/h2-5,14-15,18H,6-7,11-13H2,1H3,(H,27,28). The molecule has 1 aliphatic heterocycles. The Morgan fingerprint density at radius 2 is 1.84 bits per heavy atom. The predicted molar refractivity (Wildman–Crippen MR) is 116 cm³/mol.